The van der Waals surface area contributed by atoms with E-state index in [1.165, 1.54) is 70.4 Å². The van der Waals surface area contributed by atoms with E-state index in [2.05, 4.69) is 45.9 Å². The Kier molecular flexibility index (Phi) is 6.29. The van der Waals surface area contributed by atoms with Gasteiger partial charge in [0.05, 0.1) is 0 Å². The smallest absolute Gasteiger partial charge is 0.0193 e. The lowest BCUT2D eigenvalue weighted by molar-refractivity contribution is 0.180. The number of nitrogens with zero attached hydrogens (tertiary/aromatic N) is 1. The van der Waals surface area contributed by atoms with Crippen LogP contribution in [-0.2, 0) is 6.42 Å². The molecule has 2 aliphatic heterocycles. The summed E-state index contributed by atoms with van der Waals surface area (Å²) in [6.07, 6.45) is 6.60. The number of likely N-dealkylation sites (tertiary alicyclic amines) is 1. The van der Waals surface area contributed by atoms with Gasteiger partial charge in [0.15, 0.2) is 0 Å². The van der Waals surface area contributed by atoms with Gasteiger partial charge < -0.3 is 15.5 Å². The van der Waals surface area contributed by atoms with E-state index in [0.717, 1.165) is 12.5 Å². The van der Waals surface area contributed by atoms with Crippen LogP contribution in [-0.4, -0.2) is 50.2 Å². The van der Waals surface area contributed by atoms with Crippen molar-refractivity contribution < 1.29 is 0 Å². The first kappa shape index (κ1) is 16.0. The molecular weight excluding hydrogens is 270 g/mol. The van der Waals surface area contributed by atoms with Crippen LogP contribution < -0.4 is 10.6 Å². The Hall–Kier alpha value is -0.900. The van der Waals surface area contributed by atoms with Crippen molar-refractivity contribution in [2.24, 2.45) is 5.92 Å². The van der Waals surface area contributed by atoms with Gasteiger partial charge >= 0.3 is 0 Å². The molecule has 3 nitrogen and oxygen atoms in total. The molecule has 3 heteroatoms. The van der Waals surface area contributed by atoms with Crippen molar-refractivity contribution >= 4 is 0 Å². The molecule has 122 valence electrons. The molecule has 2 heterocycles. The molecule has 1 aromatic carbocycles. The molecule has 0 aliphatic carbocycles. The first-order valence-corrected chi connectivity index (χ1v) is 9.10. The summed E-state index contributed by atoms with van der Waals surface area (Å²) >= 11 is 0. The summed E-state index contributed by atoms with van der Waals surface area (Å²) in [6, 6.07) is 11.6. The summed E-state index contributed by atoms with van der Waals surface area (Å²) in [5, 5.41) is 7.27. The highest BCUT2D eigenvalue weighted by Crippen LogP contribution is 2.17. The third-order valence-electron chi connectivity index (χ3n) is 5.26. The molecule has 2 N–H and O–H groups in total. The Labute approximate surface area is 135 Å². The molecule has 1 aromatic rings. The lowest BCUT2D eigenvalue weighted by Gasteiger charge is -2.33. The third-order valence-corrected chi connectivity index (χ3v) is 5.26. The van der Waals surface area contributed by atoms with Crippen LogP contribution in [0.4, 0.5) is 0 Å². The number of rotatable bonds is 6. The molecule has 3 rings (SSSR count). The van der Waals surface area contributed by atoms with E-state index in [4.69, 9.17) is 0 Å². The topological polar surface area (TPSA) is 27.3 Å². The Balaban J connectivity index is 1.30. The second-order valence-electron chi connectivity index (χ2n) is 6.97. The van der Waals surface area contributed by atoms with Crippen LogP contribution in [0.5, 0.6) is 0 Å². The lowest BCUT2D eigenvalue weighted by Crippen LogP contribution is -2.46. The van der Waals surface area contributed by atoms with Gasteiger partial charge in [-0.05, 0) is 69.8 Å². The fraction of sp³-hybridized carbons (Fsp3) is 0.684. The normalized spacial score (nSPS) is 24.5. The van der Waals surface area contributed by atoms with Gasteiger partial charge in [-0.25, -0.2) is 0 Å². The highest BCUT2D eigenvalue weighted by molar-refractivity contribution is 5.14. The molecule has 0 radical (unpaired) electrons. The fourth-order valence-electron chi connectivity index (χ4n) is 3.71. The van der Waals surface area contributed by atoms with Crippen LogP contribution in [0.2, 0.25) is 0 Å². The minimum absolute atomic E-state index is 0.713. The van der Waals surface area contributed by atoms with E-state index in [9.17, 15) is 0 Å². The summed E-state index contributed by atoms with van der Waals surface area (Å²) < 4.78 is 0. The van der Waals surface area contributed by atoms with Crippen molar-refractivity contribution in [3.05, 3.63) is 35.9 Å². The van der Waals surface area contributed by atoms with Gasteiger partial charge in [-0.15, -0.1) is 0 Å². The maximum atomic E-state index is 3.78. The second-order valence-corrected chi connectivity index (χ2v) is 6.97. The zero-order valence-corrected chi connectivity index (χ0v) is 13.8. The van der Waals surface area contributed by atoms with Crippen LogP contribution in [0.1, 0.15) is 31.2 Å². The standard InChI is InChI=1S/C19H31N3/c1-2-5-17(6-3-1)8-12-22-13-9-18(10-14-22)15-21-19-7-4-11-20-16-19/h1-3,5-6,18-21H,4,7-16H2/t19-/m1/s1. The molecule has 0 spiro atoms. The molecule has 22 heavy (non-hydrogen) atoms. The third kappa shape index (κ3) is 5.08. The van der Waals surface area contributed by atoms with Gasteiger partial charge in [-0.2, -0.15) is 0 Å². The highest BCUT2D eigenvalue weighted by Gasteiger charge is 2.20. The van der Waals surface area contributed by atoms with Crippen molar-refractivity contribution in [3.63, 3.8) is 0 Å². The maximum Gasteiger partial charge on any atom is 0.0193 e. The number of piperidine rings is 2. The first-order valence-electron chi connectivity index (χ1n) is 9.10. The molecular formula is C19H31N3. The maximum absolute atomic E-state index is 3.78. The van der Waals surface area contributed by atoms with E-state index in [0.29, 0.717) is 6.04 Å². The van der Waals surface area contributed by atoms with Gasteiger partial charge in [0.1, 0.15) is 0 Å². The fourth-order valence-corrected chi connectivity index (χ4v) is 3.71. The summed E-state index contributed by atoms with van der Waals surface area (Å²) in [5.41, 5.74) is 1.47. The molecule has 0 amide bonds. The van der Waals surface area contributed by atoms with Crippen LogP contribution in [0.3, 0.4) is 0 Å². The summed E-state index contributed by atoms with van der Waals surface area (Å²) in [6.45, 7) is 7.37. The molecule has 0 unspecified atom stereocenters. The van der Waals surface area contributed by atoms with Crippen molar-refractivity contribution in [2.45, 2.75) is 38.1 Å². The summed E-state index contributed by atoms with van der Waals surface area (Å²) in [7, 11) is 0. The van der Waals surface area contributed by atoms with E-state index in [1.54, 1.807) is 0 Å². The largest absolute Gasteiger partial charge is 0.315 e. The van der Waals surface area contributed by atoms with Crippen molar-refractivity contribution in [3.8, 4) is 0 Å². The zero-order chi connectivity index (χ0) is 15.0. The summed E-state index contributed by atoms with van der Waals surface area (Å²) in [5.74, 6) is 0.884. The van der Waals surface area contributed by atoms with Crippen LogP contribution in [0.25, 0.3) is 0 Å². The number of hydrogen-bond donors (Lipinski definition) is 2. The van der Waals surface area contributed by atoms with Gasteiger partial charge in [0, 0.05) is 19.1 Å². The predicted octanol–water partition coefficient (Wildman–Crippen LogP) is 2.28. The lowest BCUT2D eigenvalue weighted by atomic mass is 9.95. The number of nitrogens with one attached hydrogen (secondary N) is 2. The highest BCUT2D eigenvalue weighted by atomic mass is 15.1. The number of hydrogen-bond acceptors (Lipinski definition) is 3. The Morgan fingerprint density at radius 1 is 1.09 bits per heavy atom. The Bertz CT molecular complexity index is 406. The van der Waals surface area contributed by atoms with Crippen LogP contribution in [0, 0.1) is 5.92 Å². The van der Waals surface area contributed by atoms with Gasteiger partial charge in [-0.3, -0.25) is 0 Å². The average Bonchev–Trinajstić information content (AvgIpc) is 2.61. The van der Waals surface area contributed by atoms with Gasteiger partial charge in [0.25, 0.3) is 0 Å². The monoisotopic (exact) mass is 301 g/mol. The van der Waals surface area contributed by atoms with Gasteiger partial charge in [0.2, 0.25) is 0 Å². The van der Waals surface area contributed by atoms with E-state index in [1.807, 2.05) is 0 Å². The molecule has 0 bridgehead atoms. The average molecular weight is 301 g/mol. The molecule has 2 aliphatic rings. The predicted molar refractivity (Wildman–Crippen MR) is 93.2 cm³/mol. The van der Waals surface area contributed by atoms with E-state index in [-0.39, 0.29) is 0 Å². The first-order chi connectivity index (χ1) is 10.9. The van der Waals surface area contributed by atoms with Crippen molar-refractivity contribution in [1.82, 2.24) is 15.5 Å². The minimum Gasteiger partial charge on any atom is -0.315 e. The molecule has 0 saturated carbocycles. The molecule has 2 saturated heterocycles. The SMILES string of the molecule is c1ccc(CCN2CCC(CN[C@@H]3CCCNC3)CC2)cc1. The van der Waals surface area contributed by atoms with E-state index < -0.39 is 0 Å². The molecule has 2 fully saturated rings. The minimum atomic E-state index is 0.713. The summed E-state index contributed by atoms with van der Waals surface area (Å²) in [4.78, 5) is 2.64. The molecule has 1 atom stereocenters. The number of benzene rings is 1. The molecule has 0 aromatic heterocycles. The van der Waals surface area contributed by atoms with Gasteiger partial charge in [-0.1, -0.05) is 30.3 Å². The van der Waals surface area contributed by atoms with Crippen LogP contribution in [0.15, 0.2) is 30.3 Å². The zero-order valence-electron chi connectivity index (χ0n) is 13.8. The van der Waals surface area contributed by atoms with E-state index >= 15 is 0 Å². The van der Waals surface area contributed by atoms with Crippen LogP contribution >= 0.6 is 0 Å². The Morgan fingerprint density at radius 3 is 2.64 bits per heavy atom. The van der Waals surface area contributed by atoms with Crippen molar-refractivity contribution in [1.29, 1.82) is 0 Å². The second kappa shape index (κ2) is 8.66. The van der Waals surface area contributed by atoms with Crippen molar-refractivity contribution in [2.75, 3.05) is 39.3 Å². The Morgan fingerprint density at radius 2 is 1.91 bits per heavy atom. The quantitative estimate of drug-likeness (QED) is 0.844.